The van der Waals surface area contributed by atoms with Gasteiger partial charge < -0.3 is 20.9 Å². The lowest BCUT2D eigenvalue weighted by molar-refractivity contribution is -0.131. The third kappa shape index (κ3) is 5.63. The maximum Gasteiger partial charge on any atom is 0.343 e. The fraction of sp³-hybridized carbons (Fsp3) is 0.486. The Bertz CT molecular complexity index is 1770. The minimum Gasteiger partial charge on any atom is -0.355 e. The molecule has 12 heteroatoms. The molecule has 1 saturated carbocycles. The molecule has 6 rings (SSSR count). The first-order valence-corrected chi connectivity index (χ1v) is 16.4. The Labute approximate surface area is 273 Å². The normalized spacial score (nSPS) is 21.1. The van der Waals surface area contributed by atoms with Crippen LogP contribution in [0.3, 0.4) is 0 Å². The van der Waals surface area contributed by atoms with E-state index in [-0.39, 0.29) is 54.1 Å². The second-order valence-corrected chi connectivity index (χ2v) is 13.4. The first kappa shape index (κ1) is 32.2. The molecule has 4 atom stereocenters. The van der Waals surface area contributed by atoms with E-state index in [9.17, 15) is 24.4 Å². The lowest BCUT2D eigenvalue weighted by Gasteiger charge is -2.37. The van der Waals surface area contributed by atoms with Crippen LogP contribution in [0.1, 0.15) is 94.9 Å². The molecule has 0 radical (unpaired) electrons. The van der Waals surface area contributed by atoms with Gasteiger partial charge in [0.15, 0.2) is 0 Å². The highest BCUT2D eigenvalue weighted by Crippen LogP contribution is 2.48. The third-order valence-corrected chi connectivity index (χ3v) is 10.1. The first-order chi connectivity index (χ1) is 22.5. The number of aromatic amines is 1. The number of nitriles is 1. The molecule has 2 fully saturated rings. The maximum absolute atomic E-state index is 13.4. The number of hydrogen-bond acceptors (Lipinski definition) is 7. The summed E-state index contributed by atoms with van der Waals surface area (Å²) in [6.45, 7) is 5.86. The molecule has 3 aliphatic rings. The van der Waals surface area contributed by atoms with Gasteiger partial charge in [0.1, 0.15) is 11.9 Å². The number of H-pyrrole nitrogens is 1. The van der Waals surface area contributed by atoms with Crippen molar-refractivity contribution in [3.05, 3.63) is 86.1 Å². The van der Waals surface area contributed by atoms with Crippen molar-refractivity contribution < 1.29 is 14.4 Å². The molecule has 2 aromatic carbocycles. The number of hydrogen-bond donors (Lipinski definition) is 4. The number of fused-ring (bicyclic) bond motifs is 3. The molecule has 246 valence electrons. The van der Waals surface area contributed by atoms with Crippen LogP contribution in [0.5, 0.6) is 0 Å². The number of nitrogens with one attached hydrogen (secondary N) is 4. The van der Waals surface area contributed by atoms with E-state index in [0.29, 0.717) is 42.1 Å². The molecule has 1 aliphatic heterocycles. The zero-order valence-electron chi connectivity index (χ0n) is 27.5. The molecule has 47 heavy (non-hydrogen) atoms. The fourth-order valence-corrected chi connectivity index (χ4v) is 7.68. The molecule has 1 aromatic heterocycles. The topological polar surface area (TPSA) is 165 Å². The van der Waals surface area contributed by atoms with Crippen LogP contribution < -0.4 is 21.6 Å². The van der Waals surface area contributed by atoms with Gasteiger partial charge in [-0.1, -0.05) is 12.1 Å². The Morgan fingerprint density at radius 1 is 1.00 bits per heavy atom. The zero-order chi connectivity index (χ0) is 33.6. The van der Waals surface area contributed by atoms with Crippen molar-refractivity contribution in [2.45, 2.75) is 82.5 Å². The Morgan fingerprint density at radius 2 is 1.60 bits per heavy atom. The number of likely N-dealkylation sites (tertiary alicyclic amines) is 1. The van der Waals surface area contributed by atoms with Crippen LogP contribution in [-0.2, 0) is 23.1 Å². The smallest absolute Gasteiger partial charge is 0.343 e. The minimum absolute atomic E-state index is 0.0700. The molecule has 4 N–H and O–H groups in total. The van der Waals surface area contributed by atoms with Crippen LogP contribution in [0, 0.1) is 17.2 Å². The average Bonchev–Trinajstić information content (AvgIpc) is 3.60. The second-order valence-electron chi connectivity index (χ2n) is 13.4. The summed E-state index contributed by atoms with van der Waals surface area (Å²) >= 11 is 0. The highest BCUT2D eigenvalue weighted by Gasteiger charge is 2.54. The Balaban J connectivity index is 1.48. The number of piperidine rings is 1. The standard InChI is InChI=1S/C35H42N8O4/c1-19(2)43-34(47)40-33(41-43)35(16-20(3)39-18-30(44)42-26(17-36)14-25-15-29(25)42)27-10-8-23(31(45)37-4)12-21(27)6-7-22-13-24(32(46)38-5)9-11-28(22)35/h8-13,19-20,25-26,29,39H,6-7,14-16,18H2,1-5H3,(H,37,45)(H,38,46)(H,40,41,47)/t20-,25-,26+,29+/m1/s1. The third-order valence-electron chi connectivity index (χ3n) is 10.1. The predicted molar refractivity (Wildman–Crippen MR) is 175 cm³/mol. The Kier molecular flexibility index (Phi) is 8.53. The van der Waals surface area contributed by atoms with E-state index in [2.05, 4.69) is 27.0 Å². The molecule has 3 aromatic rings. The van der Waals surface area contributed by atoms with Crippen LogP contribution in [0.25, 0.3) is 0 Å². The molecule has 0 bridgehead atoms. The largest absolute Gasteiger partial charge is 0.355 e. The summed E-state index contributed by atoms with van der Waals surface area (Å²) in [7, 11) is 3.19. The van der Waals surface area contributed by atoms with Gasteiger partial charge in [-0.3, -0.25) is 19.4 Å². The van der Waals surface area contributed by atoms with Crippen LogP contribution >= 0.6 is 0 Å². The molecule has 1 saturated heterocycles. The van der Waals surface area contributed by atoms with Gasteiger partial charge in [-0.2, -0.15) is 10.4 Å². The molecular formula is C35H42N8O4. The van der Waals surface area contributed by atoms with Gasteiger partial charge >= 0.3 is 5.69 Å². The van der Waals surface area contributed by atoms with E-state index in [0.717, 1.165) is 35.1 Å². The van der Waals surface area contributed by atoms with Gasteiger partial charge in [-0.05, 0) is 105 Å². The van der Waals surface area contributed by atoms with E-state index in [1.165, 1.54) is 4.68 Å². The van der Waals surface area contributed by atoms with Gasteiger partial charge in [0.25, 0.3) is 11.8 Å². The number of aryl methyl sites for hydroxylation is 2. The minimum atomic E-state index is -1.01. The van der Waals surface area contributed by atoms with E-state index in [4.69, 9.17) is 5.10 Å². The summed E-state index contributed by atoms with van der Waals surface area (Å²) in [4.78, 5) is 57.0. The molecule has 2 aliphatic carbocycles. The predicted octanol–water partition coefficient (Wildman–Crippen LogP) is 2.19. The second kappa shape index (κ2) is 12.4. The first-order valence-electron chi connectivity index (χ1n) is 16.4. The summed E-state index contributed by atoms with van der Waals surface area (Å²) in [5, 5.41) is 23.4. The summed E-state index contributed by atoms with van der Waals surface area (Å²) in [5.41, 5.74) is 3.34. The van der Waals surface area contributed by atoms with E-state index >= 15 is 0 Å². The van der Waals surface area contributed by atoms with Gasteiger partial charge in [0, 0.05) is 37.3 Å². The van der Waals surface area contributed by atoms with Crippen molar-refractivity contribution in [1.29, 1.82) is 5.26 Å². The van der Waals surface area contributed by atoms with Crippen LogP contribution in [0.15, 0.2) is 41.2 Å². The van der Waals surface area contributed by atoms with Crippen molar-refractivity contribution >= 4 is 17.7 Å². The molecule has 12 nitrogen and oxygen atoms in total. The van der Waals surface area contributed by atoms with Crippen LogP contribution in [0.4, 0.5) is 0 Å². The lowest BCUT2D eigenvalue weighted by atomic mass is 9.67. The van der Waals surface area contributed by atoms with Gasteiger partial charge in [0.05, 0.1) is 24.1 Å². The summed E-state index contributed by atoms with van der Waals surface area (Å²) in [6.07, 6.45) is 3.28. The molecular weight excluding hydrogens is 596 g/mol. The van der Waals surface area contributed by atoms with Gasteiger partial charge in [-0.15, -0.1) is 0 Å². The van der Waals surface area contributed by atoms with Crippen molar-refractivity contribution in [2.75, 3.05) is 20.6 Å². The average molecular weight is 639 g/mol. The maximum atomic E-state index is 13.4. The highest BCUT2D eigenvalue weighted by atomic mass is 16.2. The van der Waals surface area contributed by atoms with Gasteiger partial charge in [0.2, 0.25) is 5.91 Å². The number of carbonyl (C=O) groups is 3. The van der Waals surface area contributed by atoms with E-state index in [1.807, 2.05) is 45.0 Å². The molecule has 0 unspecified atom stereocenters. The number of rotatable bonds is 9. The van der Waals surface area contributed by atoms with E-state index in [1.54, 1.807) is 31.1 Å². The van der Waals surface area contributed by atoms with Crippen LogP contribution in [-0.4, -0.2) is 76.2 Å². The van der Waals surface area contributed by atoms with Crippen molar-refractivity contribution in [1.82, 2.24) is 35.6 Å². The Hall–Kier alpha value is -4.76. The fourth-order valence-electron chi connectivity index (χ4n) is 7.68. The van der Waals surface area contributed by atoms with Gasteiger partial charge in [-0.25, -0.2) is 9.48 Å². The molecule has 3 amide bonds. The monoisotopic (exact) mass is 638 g/mol. The quantitative estimate of drug-likeness (QED) is 0.279. The zero-order valence-corrected chi connectivity index (χ0v) is 27.5. The molecule has 2 heterocycles. The number of aromatic nitrogens is 3. The summed E-state index contributed by atoms with van der Waals surface area (Å²) in [5.74, 6) is 0.376. The number of benzene rings is 2. The number of amides is 3. The Morgan fingerprint density at radius 3 is 2.11 bits per heavy atom. The van der Waals surface area contributed by atoms with Crippen molar-refractivity contribution in [3.8, 4) is 6.07 Å². The van der Waals surface area contributed by atoms with E-state index < -0.39 is 5.41 Å². The highest BCUT2D eigenvalue weighted by molar-refractivity contribution is 5.95. The summed E-state index contributed by atoms with van der Waals surface area (Å²) < 4.78 is 1.43. The lowest BCUT2D eigenvalue weighted by Crippen LogP contribution is -2.46. The number of nitrogens with zero attached hydrogens (tertiary/aromatic N) is 4. The SMILES string of the molecule is CNC(=O)c1ccc2c(c1)CCc1cc(C(=O)NC)ccc1C2(C[C@@H](C)NCC(=O)N1[C@H](C#N)C[C@@H]2C[C@@H]21)c1nn(C(C)C)c(=O)[nH]1. The molecule has 0 spiro atoms. The van der Waals surface area contributed by atoms with Crippen LogP contribution in [0.2, 0.25) is 0 Å². The van der Waals surface area contributed by atoms with Crippen molar-refractivity contribution in [3.63, 3.8) is 0 Å². The van der Waals surface area contributed by atoms with Crippen molar-refractivity contribution in [2.24, 2.45) is 5.92 Å². The summed E-state index contributed by atoms with van der Waals surface area (Å²) in [6, 6.07) is 12.9. The number of carbonyl (C=O) groups excluding carboxylic acids is 3.